The molecule has 0 bridgehead atoms. The van der Waals surface area contributed by atoms with Crippen molar-refractivity contribution in [3.8, 4) is 5.75 Å². The molecule has 2 rings (SSSR count). The Morgan fingerprint density at radius 3 is 2.65 bits per heavy atom. The summed E-state index contributed by atoms with van der Waals surface area (Å²) in [5, 5.41) is 9.21. The van der Waals surface area contributed by atoms with Gasteiger partial charge in [0.25, 0.3) is 0 Å². The second-order valence-corrected chi connectivity index (χ2v) is 4.92. The molecule has 0 aromatic heterocycles. The Morgan fingerprint density at radius 2 is 2.00 bits per heavy atom. The van der Waals surface area contributed by atoms with Gasteiger partial charge in [0, 0.05) is 13.1 Å². The molecule has 0 spiro atoms. The molecule has 0 amide bonds. The van der Waals surface area contributed by atoms with E-state index < -0.39 is 0 Å². The summed E-state index contributed by atoms with van der Waals surface area (Å²) in [5.41, 5.74) is 0. The number of hydrogen-bond acceptors (Lipinski definition) is 3. The highest BCUT2D eigenvalue weighted by atomic mass is 16.5. The first kappa shape index (κ1) is 12.4. The monoisotopic (exact) mass is 235 g/mol. The van der Waals surface area contributed by atoms with E-state index in [0.717, 1.165) is 38.3 Å². The highest BCUT2D eigenvalue weighted by Gasteiger charge is 2.27. The van der Waals surface area contributed by atoms with Gasteiger partial charge in [-0.15, -0.1) is 0 Å². The van der Waals surface area contributed by atoms with Crippen molar-refractivity contribution in [2.24, 2.45) is 5.92 Å². The molecule has 17 heavy (non-hydrogen) atoms. The van der Waals surface area contributed by atoms with Crippen LogP contribution < -0.4 is 4.74 Å². The summed E-state index contributed by atoms with van der Waals surface area (Å²) >= 11 is 0. The lowest BCUT2D eigenvalue weighted by molar-refractivity contribution is 0.0269. The summed E-state index contributed by atoms with van der Waals surface area (Å²) in [7, 11) is 2.11. The Morgan fingerprint density at radius 1 is 1.29 bits per heavy atom. The minimum atomic E-state index is -0.0473. The van der Waals surface area contributed by atoms with Gasteiger partial charge in [-0.2, -0.15) is 0 Å². The van der Waals surface area contributed by atoms with Gasteiger partial charge in [0.05, 0.1) is 6.10 Å². The number of hydrogen-bond donors (Lipinski definition) is 1. The van der Waals surface area contributed by atoms with Crippen LogP contribution >= 0.6 is 0 Å². The van der Waals surface area contributed by atoms with E-state index in [-0.39, 0.29) is 6.10 Å². The first-order valence-electron chi connectivity index (χ1n) is 6.28. The average molecular weight is 235 g/mol. The molecule has 0 atom stereocenters. The molecule has 1 aromatic rings. The zero-order valence-corrected chi connectivity index (χ0v) is 10.4. The van der Waals surface area contributed by atoms with Gasteiger partial charge in [-0.3, -0.25) is 0 Å². The van der Waals surface area contributed by atoms with Crippen molar-refractivity contribution in [3.05, 3.63) is 30.3 Å². The van der Waals surface area contributed by atoms with Crippen LogP contribution in [0.2, 0.25) is 0 Å². The molecule has 1 aromatic carbocycles. The van der Waals surface area contributed by atoms with Crippen LogP contribution in [0.1, 0.15) is 12.8 Å². The lowest BCUT2D eigenvalue weighted by atomic mass is 9.82. The third kappa shape index (κ3) is 4.02. The van der Waals surface area contributed by atoms with Crippen LogP contribution in [0.15, 0.2) is 30.3 Å². The minimum Gasteiger partial charge on any atom is -0.492 e. The lowest BCUT2D eigenvalue weighted by Crippen LogP contribution is -2.38. The molecule has 0 unspecified atom stereocenters. The van der Waals surface area contributed by atoms with Crippen molar-refractivity contribution in [2.45, 2.75) is 18.9 Å². The topological polar surface area (TPSA) is 32.7 Å². The summed E-state index contributed by atoms with van der Waals surface area (Å²) < 4.78 is 5.64. The fourth-order valence-electron chi connectivity index (χ4n) is 2.22. The first-order valence-corrected chi connectivity index (χ1v) is 6.28. The van der Waals surface area contributed by atoms with E-state index in [4.69, 9.17) is 4.74 Å². The summed E-state index contributed by atoms with van der Waals surface area (Å²) in [4.78, 5) is 2.28. The van der Waals surface area contributed by atoms with Crippen LogP contribution in [0.3, 0.4) is 0 Å². The summed E-state index contributed by atoms with van der Waals surface area (Å²) in [5.74, 6) is 1.60. The molecule has 3 heteroatoms. The largest absolute Gasteiger partial charge is 0.492 e. The number of rotatable bonds is 6. The average Bonchev–Trinajstić information content (AvgIpc) is 2.28. The zero-order valence-electron chi connectivity index (χ0n) is 10.4. The fourth-order valence-corrected chi connectivity index (χ4v) is 2.22. The number of ether oxygens (including phenoxy) is 1. The maximum atomic E-state index is 9.21. The quantitative estimate of drug-likeness (QED) is 0.815. The third-order valence-corrected chi connectivity index (χ3v) is 3.27. The minimum absolute atomic E-state index is 0.0473. The smallest absolute Gasteiger partial charge is 0.119 e. The van der Waals surface area contributed by atoms with Gasteiger partial charge in [0.1, 0.15) is 12.4 Å². The van der Waals surface area contributed by atoms with Crippen LogP contribution in [-0.2, 0) is 0 Å². The van der Waals surface area contributed by atoms with Crippen molar-refractivity contribution in [3.63, 3.8) is 0 Å². The van der Waals surface area contributed by atoms with E-state index in [1.165, 1.54) is 0 Å². The lowest BCUT2D eigenvalue weighted by Gasteiger charge is -2.34. The second kappa shape index (κ2) is 6.03. The number of para-hydroxylation sites is 1. The molecule has 1 aliphatic carbocycles. The summed E-state index contributed by atoms with van der Waals surface area (Å²) in [6, 6.07) is 9.90. The molecule has 3 nitrogen and oxygen atoms in total. The first-order chi connectivity index (χ1) is 8.24. The van der Waals surface area contributed by atoms with Crippen LogP contribution in [0.4, 0.5) is 0 Å². The highest BCUT2D eigenvalue weighted by molar-refractivity contribution is 5.20. The molecule has 0 saturated heterocycles. The van der Waals surface area contributed by atoms with Gasteiger partial charge < -0.3 is 14.7 Å². The van der Waals surface area contributed by atoms with Gasteiger partial charge in [-0.25, -0.2) is 0 Å². The molecule has 1 N–H and O–H groups in total. The predicted octanol–water partition coefficient (Wildman–Crippen LogP) is 1.77. The molecular formula is C14H21NO2. The van der Waals surface area contributed by atoms with E-state index in [0.29, 0.717) is 5.92 Å². The van der Waals surface area contributed by atoms with E-state index in [2.05, 4.69) is 11.9 Å². The predicted molar refractivity (Wildman–Crippen MR) is 68.2 cm³/mol. The van der Waals surface area contributed by atoms with E-state index >= 15 is 0 Å². The van der Waals surface area contributed by atoms with Gasteiger partial charge in [0.2, 0.25) is 0 Å². The molecule has 1 aliphatic rings. The van der Waals surface area contributed by atoms with Crippen molar-refractivity contribution in [1.29, 1.82) is 0 Å². The molecule has 0 radical (unpaired) electrons. The number of aliphatic hydroxyl groups excluding tert-OH is 1. The molecule has 0 aliphatic heterocycles. The Balaban J connectivity index is 1.58. The molecular weight excluding hydrogens is 214 g/mol. The van der Waals surface area contributed by atoms with Crippen LogP contribution in [0.5, 0.6) is 5.75 Å². The molecule has 1 fully saturated rings. The molecule has 94 valence electrons. The highest BCUT2D eigenvalue weighted by Crippen LogP contribution is 2.27. The van der Waals surface area contributed by atoms with Crippen LogP contribution in [0, 0.1) is 5.92 Å². The van der Waals surface area contributed by atoms with E-state index in [1.807, 2.05) is 30.3 Å². The second-order valence-electron chi connectivity index (χ2n) is 4.92. The number of likely N-dealkylation sites (N-methyl/N-ethyl adjacent to an activating group) is 1. The normalized spacial score (nSPS) is 23.5. The van der Waals surface area contributed by atoms with Crippen molar-refractivity contribution >= 4 is 0 Å². The fraction of sp³-hybridized carbons (Fsp3) is 0.571. The Labute approximate surface area is 103 Å². The molecule has 0 heterocycles. The maximum Gasteiger partial charge on any atom is 0.119 e. The third-order valence-electron chi connectivity index (χ3n) is 3.27. The number of nitrogens with zero attached hydrogens (tertiary/aromatic N) is 1. The van der Waals surface area contributed by atoms with Gasteiger partial charge in [-0.1, -0.05) is 18.2 Å². The van der Waals surface area contributed by atoms with Gasteiger partial charge in [0.15, 0.2) is 0 Å². The van der Waals surface area contributed by atoms with Crippen molar-refractivity contribution in [1.82, 2.24) is 4.90 Å². The van der Waals surface area contributed by atoms with Crippen LogP contribution in [0.25, 0.3) is 0 Å². The molecule has 1 saturated carbocycles. The van der Waals surface area contributed by atoms with Gasteiger partial charge >= 0.3 is 0 Å². The zero-order chi connectivity index (χ0) is 12.1. The summed E-state index contributed by atoms with van der Waals surface area (Å²) in [6.45, 7) is 2.71. The maximum absolute atomic E-state index is 9.21. The Hall–Kier alpha value is -1.06. The van der Waals surface area contributed by atoms with Gasteiger partial charge in [-0.05, 0) is 37.9 Å². The SMILES string of the molecule is CN(CCOc1ccccc1)CC1CC(O)C1. The van der Waals surface area contributed by atoms with Crippen molar-refractivity contribution < 1.29 is 9.84 Å². The number of benzene rings is 1. The Kier molecular flexibility index (Phi) is 4.40. The standard InChI is InChI=1S/C14H21NO2/c1-15(11-12-9-13(16)10-12)7-8-17-14-5-3-2-4-6-14/h2-6,12-13,16H,7-11H2,1H3. The van der Waals surface area contributed by atoms with Crippen LogP contribution in [-0.4, -0.2) is 42.9 Å². The summed E-state index contributed by atoms with van der Waals surface area (Å²) in [6.07, 6.45) is 1.88. The van der Waals surface area contributed by atoms with E-state index in [1.54, 1.807) is 0 Å². The van der Waals surface area contributed by atoms with E-state index in [9.17, 15) is 5.11 Å². The number of aliphatic hydroxyl groups is 1. The Bertz CT molecular complexity index is 322. The van der Waals surface area contributed by atoms with Crippen molar-refractivity contribution in [2.75, 3.05) is 26.7 Å².